The smallest absolute Gasteiger partial charge is 0.363 e. The van der Waals surface area contributed by atoms with E-state index in [-0.39, 0.29) is 27.4 Å². The SMILES string of the molecule is COC(=O)C1C(NC(=O)/C(=N\OC(C)(C)C(=O)OCc2ccc([N+](=O)[O-])cc2)c2csc(NC(=O)CCl)n2)C(=O)N1S(=O)(=O)O. The average Bonchev–Trinajstić information content (AvgIpc) is 3.43. The largest absolute Gasteiger partial charge is 0.467 e. The van der Waals surface area contributed by atoms with E-state index in [2.05, 4.69) is 25.5 Å². The summed E-state index contributed by atoms with van der Waals surface area (Å²) in [4.78, 5) is 81.9. The van der Waals surface area contributed by atoms with Crippen LogP contribution in [0.1, 0.15) is 25.1 Å². The van der Waals surface area contributed by atoms with Gasteiger partial charge in [0, 0.05) is 17.5 Å². The second-order valence-corrected chi connectivity index (χ2v) is 11.7. The molecule has 2 unspecified atom stereocenters. The van der Waals surface area contributed by atoms with Gasteiger partial charge in [0.15, 0.2) is 16.9 Å². The van der Waals surface area contributed by atoms with Crippen molar-refractivity contribution in [3.05, 3.63) is 51.0 Å². The van der Waals surface area contributed by atoms with Crippen molar-refractivity contribution < 1.29 is 56.2 Å². The minimum Gasteiger partial charge on any atom is -0.467 e. The minimum atomic E-state index is -5.21. The molecule has 2 heterocycles. The lowest BCUT2D eigenvalue weighted by Crippen LogP contribution is -2.74. The Kier molecular flexibility index (Phi) is 10.8. The number of rotatable bonds is 13. The maximum Gasteiger partial charge on any atom is 0.363 e. The molecule has 19 nitrogen and oxygen atoms in total. The lowest BCUT2D eigenvalue weighted by Gasteiger charge is -2.41. The first kappa shape index (κ1) is 34.8. The normalized spacial score (nSPS) is 16.7. The molecular weight excluding hydrogens is 668 g/mol. The molecular formula is C23H23ClN6O13S2. The van der Waals surface area contributed by atoms with Crippen molar-refractivity contribution >= 4 is 79.4 Å². The Morgan fingerprint density at radius 3 is 2.44 bits per heavy atom. The standard InChI is InChI=1S/C23H23ClN6O13S2/c1-23(2,21(35)42-9-11-4-6-12(7-5-11)30(36)37)43-28-15(13-10-44-22(25-13)26-14(31)8-24)18(32)27-16-17(20(34)41-3)29(19(16)33)45(38,39)40/h4-7,10,16-17H,8-9H2,1-3H3,(H,27,32)(H,25,26,31)(H,38,39,40)/b28-15-. The molecule has 1 aromatic carbocycles. The fourth-order valence-corrected chi connectivity index (χ4v) is 5.07. The number of hydrogen-bond acceptors (Lipinski definition) is 15. The van der Waals surface area contributed by atoms with Gasteiger partial charge in [-0.2, -0.15) is 12.7 Å². The number of carbonyl (C=O) groups is 5. The predicted octanol–water partition coefficient (Wildman–Crippen LogP) is 0.143. The van der Waals surface area contributed by atoms with Gasteiger partial charge < -0.3 is 24.9 Å². The Bertz CT molecular complexity index is 1660. The summed E-state index contributed by atoms with van der Waals surface area (Å²) in [5.41, 5.74) is -2.60. The molecule has 1 aromatic heterocycles. The summed E-state index contributed by atoms with van der Waals surface area (Å²) in [6, 6.07) is 1.36. The number of oxime groups is 1. The number of nitrogens with zero attached hydrogens (tertiary/aromatic N) is 4. The Morgan fingerprint density at radius 2 is 1.89 bits per heavy atom. The summed E-state index contributed by atoms with van der Waals surface area (Å²) in [5.74, 6) is -5.97. The van der Waals surface area contributed by atoms with Gasteiger partial charge in [-0.15, -0.1) is 22.9 Å². The van der Waals surface area contributed by atoms with Crippen LogP contribution in [0.5, 0.6) is 0 Å². The second kappa shape index (κ2) is 13.9. The van der Waals surface area contributed by atoms with E-state index in [1.54, 1.807) is 0 Å². The molecule has 3 rings (SSSR count). The number of β-lactam (4-membered cyclic amide) rings is 1. The predicted molar refractivity (Wildman–Crippen MR) is 152 cm³/mol. The van der Waals surface area contributed by atoms with Gasteiger partial charge in [0.2, 0.25) is 11.5 Å². The van der Waals surface area contributed by atoms with E-state index < -0.39 is 74.2 Å². The Labute approximate surface area is 262 Å². The zero-order chi connectivity index (χ0) is 33.7. The molecule has 1 saturated heterocycles. The number of thiazole rings is 1. The molecule has 0 saturated carbocycles. The topological polar surface area (TPSA) is 263 Å². The van der Waals surface area contributed by atoms with Crippen LogP contribution in [0, 0.1) is 10.1 Å². The molecule has 0 radical (unpaired) electrons. The number of benzene rings is 1. The number of halogens is 1. The molecule has 1 aliphatic heterocycles. The summed E-state index contributed by atoms with van der Waals surface area (Å²) in [7, 11) is -4.33. The van der Waals surface area contributed by atoms with Crippen LogP contribution in [0.15, 0.2) is 34.8 Å². The van der Waals surface area contributed by atoms with E-state index >= 15 is 0 Å². The molecule has 0 bridgehead atoms. The average molecular weight is 691 g/mol. The van der Waals surface area contributed by atoms with E-state index in [1.165, 1.54) is 43.5 Å². The van der Waals surface area contributed by atoms with Gasteiger partial charge in [-0.3, -0.25) is 29.1 Å². The van der Waals surface area contributed by atoms with Crippen LogP contribution in [0.2, 0.25) is 0 Å². The van der Waals surface area contributed by atoms with Crippen molar-refractivity contribution in [1.29, 1.82) is 0 Å². The monoisotopic (exact) mass is 690 g/mol. The van der Waals surface area contributed by atoms with Crippen molar-refractivity contribution in [2.75, 3.05) is 18.3 Å². The van der Waals surface area contributed by atoms with Crippen molar-refractivity contribution in [3.63, 3.8) is 0 Å². The summed E-state index contributed by atoms with van der Waals surface area (Å²) < 4.78 is 42.0. The van der Waals surface area contributed by atoms with Crippen LogP contribution in [0.4, 0.5) is 10.8 Å². The Balaban J connectivity index is 1.85. The number of non-ortho nitro benzene ring substituents is 1. The van der Waals surface area contributed by atoms with Gasteiger partial charge in [-0.05, 0) is 31.5 Å². The highest BCUT2D eigenvalue weighted by Gasteiger charge is 2.58. The quantitative estimate of drug-likeness (QED) is 0.0480. The minimum absolute atomic E-state index is 0.0392. The maximum atomic E-state index is 13.3. The third-order valence-corrected chi connectivity index (χ3v) is 7.64. The first-order chi connectivity index (χ1) is 21.0. The van der Waals surface area contributed by atoms with Gasteiger partial charge in [0.05, 0.1) is 12.0 Å². The van der Waals surface area contributed by atoms with Gasteiger partial charge >= 0.3 is 22.2 Å². The molecule has 3 N–H and O–H groups in total. The van der Waals surface area contributed by atoms with E-state index in [0.717, 1.165) is 18.4 Å². The summed E-state index contributed by atoms with van der Waals surface area (Å²) in [6.45, 7) is 2.15. The molecule has 1 fully saturated rings. The number of methoxy groups -OCH3 is 1. The van der Waals surface area contributed by atoms with Gasteiger partial charge in [0.1, 0.15) is 24.2 Å². The number of aromatic nitrogens is 1. The number of esters is 2. The molecule has 3 amide bonds. The zero-order valence-electron chi connectivity index (χ0n) is 23.3. The van der Waals surface area contributed by atoms with Crippen LogP contribution in [-0.2, 0) is 55.2 Å². The Hall–Kier alpha value is -4.73. The first-order valence-electron chi connectivity index (χ1n) is 12.2. The summed E-state index contributed by atoms with van der Waals surface area (Å²) >= 11 is 6.30. The molecule has 45 heavy (non-hydrogen) atoms. The Morgan fingerprint density at radius 1 is 1.24 bits per heavy atom. The van der Waals surface area contributed by atoms with Gasteiger partial charge in [0.25, 0.3) is 17.5 Å². The van der Waals surface area contributed by atoms with Crippen LogP contribution in [0.3, 0.4) is 0 Å². The third kappa shape index (κ3) is 8.26. The number of anilines is 1. The number of nitro benzene ring substituents is 1. The lowest BCUT2D eigenvalue weighted by atomic mass is 9.98. The number of amides is 3. The highest BCUT2D eigenvalue weighted by atomic mass is 35.5. The third-order valence-electron chi connectivity index (χ3n) is 5.73. The number of nitro groups is 1. The lowest BCUT2D eigenvalue weighted by molar-refractivity contribution is -0.384. The van der Waals surface area contributed by atoms with Crippen LogP contribution in [0.25, 0.3) is 0 Å². The summed E-state index contributed by atoms with van der Waals surface area (Å²) in [6.07, 6.45) is 0. The van der Waals surface area contributed by atoms with E-state index in [9.17, 15) is 47.1 Å². The second-order valence-electron chi connectivity index (χ2n) is 9.29. The maximum absolute atomic E-state index is 13.3. The van der Waals surface area contributed by atoms with Crippen molar-refractivity contribution in [1.82, 2.24) is 14.6 Å². The van der Waals surface area contributed by atoms with Crippen molar-refractivity contribution in [2.24, 2.45) is 5.16 Å². The van der Waals surface area contributed by atoms with Crippen LogP contribution < -0.4 is 10.6 Å². The van der Waals surface area contributed by atoms with E-state index in [4.69, 9.17) is 21.2 Å². The fourth-order valence-electron chi connectivity index (χ4n) is 3.45. The number of carbonyl (C=O) groups excluding carboxylic acids is 5. The molecule has 0 aliphatic carbocycles. The number of nitrogens with one attached hydrogen (secondary N) is 2. The zero-order valence-corrected chi connectivity index (χ0v) is 25.7. The number of alkyl halides is 1. The van der Waals surface area contributed by atoms with E-state index in [0.29, 0.717) is 5.56 Å². The van der Waals surface area contributed by atoms with Crippen molar-refractivity contribution in [2.45, 2.75) is 38.1 Å². The molecule has 2 aromatic rings. The molecule has 1 aliphatic rings. The van der Waals surface area contributed by atoms with Gasteiger partial charge in [-0.1, -0.05) is 5.16 Å². The van der Waals surface area contributed by atoms with Crippen molar-refractivity contribution in [3.8, 4) is 0 Å². The van der Waals surface area contributed by atoms with Crippen LogP contribution >= 0.6 is 22.9 Å². The number of hydrogen-bond donors (Lipinski definition) is 3. The highest BCUT2D eigenvalue weighted by Crippen LogP contribution is 2.25. The van der Waals surface area contributed by atoms with E-state index in [1.807, 2.05) is 0 Å². The van der Waals surface area contributed by atoms with Crippen LogP contribution in [-0.4, -0.2) is 93.2 Å². The highest BCUT2D eigenvalue weighted by molar-refractivity contribution is 7.84. The molecule has 22 heteroatoms. The molecule has 2 atom stereocenters. The molecule has 242 valence electrons. The molecule has 0 spiro atoms. The summed E-state index contributed by atoms with van der Waals surface area (Å²) in [5, 5.41) is 20.2. The first-order valence-corrected chi connectivity index (χ1v) is 15.0. The fraction of sp³-hybridized carbons (Fsp3) is 0.348. The number of ether oxygens (including phenoxy) is 2. The van der Waals surface area contributed by atoms with Gasteiger partial charge in [-0.25, -0.2) is 14.6 Å².